The molecule has 0 aliphatic heterocycles. The number of nitrogens with zero attached hydrogens (tertiary/aromatic N) is 1. The minimum absolute atomic E-state index is 0.103. The van der Waals surface area contributed by atoms with Crippen molar-refractivity contribution in [3.63, 3.8) is 0 Å². The summed E-state index contributed by atoms with van der Waals surface area (Å²) in [4.78, 5) is 12.5. The number of rotatable bonds is 12. The smallest absolute Gasteiger partial charge is 0.251 e. The van der Waals surface area contributed by atoms with Crippen LogP contribution in [0.4, 0.5) is 5.69 Å². The van der Waals surface area contributed by atoms with Crippen LogP contribution in [0, 0.1) is 5.92 Å². The van der Waals surface area contributed by atoms with E-state index in [4.69, 9.17) is 4.74 Å². The number of ether oxygens (including phenoxy) is 1. The fraction of sp³-hybridized carbons (Fsp3) is 0.458. The molecule has 0 saturated carbocycles. The summed E-state index contributed by atoms with van der Waals surface area (Å²) in [5, 5.41) is 3.02. The largest absolute Gasteiger partial charge is 0.497 e. The number of carbonyl (C=O) groups is 1. The number of amides is 1. The van der Waals surface area contributed by atoms with Gasteiger partial charge in [-0.1, -0.05) is 51.3 Å². The molecule has 1 atom stereocenters. The third-order valence-electron chi connectivity index (χ3n) is 5.38. The van der Waals surface area contributed by atoms with Gasteiger partial charge in [0.15, 0.2) is 0 Å². The first-order valence-electron chi connectivity index (χ1n) is 10.8. The molecule has 170 valence electrons. The minimum atomic E-state index is -3.50. The van der Waals surface area contributed by atoms with Crippen molar-refractivity contribution < 1.29 is 17.9 Å². The Hall–Kier alpha value is -2.54. The van der Waals surface area contributed by atoms with E-state index < -0.39 is 10.0 Å². The van der Waals surface area contributed by atoms with E-state index in [2.05, 4.69) is 19.2 Å². The van der Waals surface area contributed by atoms with Crippen molar-refractivity contribution in [2.24, 2.45) is 5.92 Å². The Morgan fingerprint density at radius 2 is 1.84 bits per heavy atom. The highest BCUT2D eigenvalue weighted by Gasteiger charge is 2.19. The zero-order valence-corrected chi connectivity index (χ0v) is 19.7. The zero-order valence-electron chi connectivity index (χ0n) is 18.9. The Morgan fingerprint density at radius 3 is 2.42 bits per heavy atom. The van der Waals surface area contributed by atoms with Crippen LogP contribution < -0.4 is 14.4 Å². The van der Waals surface area contributed by atoms with Gasteiger partial charge < -0.3 is 10.1 Å². The molecule has 0 aliphatic carbocycles. The highest BCUT2D eigenvalue weighted by Crippen LogP contribution is 2.25. The second-order valence-corrected chi connectivity index (χ2v) is 9.70. The number of carbonyl (C=O) groups excluding carboxylic acids is 1. The van der Waals surface area contributed by atoms with Crippen LogP contribution in [-0.4, -0.2) is 34.2 Å². The van der Waals surface area contributed by atoms with Gasteiger partial charge in [-0.2, -0.15) is 0 Å². The van der Waals surface area contributed by atoms with Gasteiger partial charge in [-0.05, 0) is 42.2 Å². The Morgan fingerprint density at radius 1 is 1.13 bits per heavy atom. The lowest BCUT2D eigenvalue weighted by molar-refractivity contribution is 0.0946. The zero-order chi connectivity index (χ0) is 22.9. The van der Waals surface area contributed by atoms with E-state index in [1.807, 2.05) is 0 Å². The Kier molecular flexibility index (Phi) is 9.37. The maximum absolute atomic E-state index is 12.5. The average molecular weight is 447 g/mol. The van der Waals surface area contributed by atoms with Crippen LogP contribution in [0.15, 0.2) is 48.5 Å². The number of hydrogen-bond donors (Lipinski definition) is 1. The van der Waals surface area contributed by atoms with E-state index in [-0.39, 0.29) is 12.5 Å². The van der Waals surface area contributed by atoms with Gasteiger partial charge in [0.05, 0.1) is 25.6 Å². The summed E-state index contributed by atoms with van der Waals surface area (Å²) < 4.78 is 31.3. The molecule has 31 heavy (non-hydrogen) atoms. The van der Waals surface area contributed by atoms with E-state index in [9.17, 15) is 13.2 Å². The lowest BCUT2D eigenvalue weighted by Crippen LogP contribution is -2.30. The first-order valence-corrected chi connectivity index (χ1v) is 12.6. The maximum atomic E-state index is 12.5. The normalized spacial score (nSPS) is 12.3. The molecule has 1 unspecified atom stereocenters. The fourth-order valence-corrected chi connectivity index (χ4v) is 4.26. The van der Waals surface area contributed by atoms with Crippen molar-refractivity contribution in [1.82, 2.24) is 5.32 Å². The molecule has 0 bridgehead atoms. The second kappa shape index (κ2) is 11.7. The van der Waals surface area contributed by atoms with E-state index in [1.54, 1.807) is 55.6 Å². The summed E-state index contributed by atoms with van der Waals surface area (Å²) >= 11 is 0. The number of nitrogens with one attached hydrogen (secondary N) is 1. The first-order chi connectivity index (χ1) is 14.8. The summed E-state index contributed by atoms with van der Waals surface area (Å²) in [6.45, 7) is 5.17. The molecule has 1 N–H and O–H groups in total. The third-order valence-corrected chi connectivity index (χ3v) is 6.52. The molecule has 6 nitrogen and oxygen atoms in total. The van der Waals surface area contributed by atoms with E-state index >= 15 is 0 Å². The van der Waals surface area contributed by atoms with Gasteiger partial charge in [-0.15, -0.1) is 0 Å². The lowest BCUT2D eigenvalue weighted by Gasteiger charge is -2.23. The maximum Gasteiger partial charge on any atom is 0.251 e. The predicted octanol–water partition coefficient (Wildman–Crippen LogP) is 4.61. The Labute approximate surface area is 186 Å². The van der Waals surface area contributed by atoms with Crippen molar-refractivity contribution in [3.05, 3.63) is 59.7 Å². The average Bonchev–Trinajstić information content (AvgIpc) is 2.77. The van der Waals surface area contributed by atoms with Crippen LogP contribution in [0.5, 0.6) is 5.75 Å². The number of benzene rings is 2. The van der Waals surface area contributed by atoms with Crippen LogP contribution in [-0.2, 0) is 16.6 Å². The van der Waals surface area contributed by atoms with Gasteiger partial charge in [0, 0.05) is 18.2 Å². The van der Waals surface area contributed by atoms with Crippen LogP contribution in [0.1, 0.15) is 55.5 Å². The predicted molar refractivity (Wildman–Crippen MR) is 126 cm³/mol. The Bertz CT molecular complexity index is 942. The molecule has 0 spiro atoms. The molecular formula is C24H34N2O4S. The molecule has 0 aromatic heterocycles. The summed E-state index contributed by atoms with van der Waals surface area (Å²) in [5.41, 5.74) is 1.89. The lowest BCUT2D eigenvalue weighted by atomic mass is 9.99. The summed E-state index contributed by atoms with van der Waals surface area (Å²) in [6, 6.07) is 14.0. The van der Waals surface area contributed by atoms with Crippen molar-refractivity contribution in [2.45, 2.75) is 46.1 Å². The van der Waals surface area contributed by atoms with Gasteiger partial charge in [0.25, 0.3) is 5.91 Å². The fourth-order valence-electron chi connectivity index (χ4n) is 3.38. The van der Waals surface area contributed by atoms with Gasteiger partial charge in [-0.25, -0.2) is 8.42 Å². The molecule has 7 heteroatoms. The van der Waals surface area contributed by atoms with E-state index in [1.165, 1.54) is 17.0 Å². The molecule has 0 aliphatic rings. The molecule has 0 fully saturated rings. The summed E-state index contributed by atoms with van der Waals surface area (Å²) in [6.07, 6.45) is 5.68. The number of hydrogen-bond acceptors (Lipinski definition) is 4. The van der Waals surface area contributed by atoms with Gasteiger partial charge in [0.2, 0.25) is 10.0 Å². The second-order valence-electron chi connectivity index (χ2n) is 7.79. The monoisotopic (exact) mass is 446 g/mol. The highest BCUT2D eigenvalue weighted by molar-refractivity contribution is 7.92. The van der Waals surface area contributed by atoms with Crippen molar-refractivity contribution in [2.75, 3.05) is 24.2 Å². The molecule has 0 heterocycles. The first kappa shape index (κ1) is 24.7. The molecule has 0 radical (unpaired) electrons. The van der Waals surface area contributed by atoms with Crippen LogP contribution in [0.2, 0.25) is 0 Å². The van der Waals surface area contributed by atoms with Crippen molar-refractivity contribution in [3.8, 4) is 5.75 Å². The molecular weight excluding hydrogens is 412 g/mol. The molecule has 0 saturated heterocycles. The molecule has 2 aromatic carbocycles. The standard InChI is InChI=1S/C24H34N2O4S/c1-5-7-9-19(6-2)17-25-24(27)21-14-12-20(13-15-21)18-26(31(4,28)29)22-10-8-11-23(16-22)30-3/h8,10-16,19H,5-7,9,17-18H2,1-4H3,(H,25,27). The van der Waals surface area contributed by atoms with Crippen LogP contribution in [0.25, 0.3) is 0 Å². The van der Waals surface area contributed by atoms with Gasteiger partial charge in [0.1, 0.15) is 5.75 Å². The Balaban J connectivity index is 2.07. The summed E-state index contributed by atoms with van der Waals surface area (Å²) in [5.74, 6) is 0.978. The van der Waals surface area contributed by atoms with Crippen LogP contribution in [0.3, 0.4) is 0 Å². The van der Waals surface area contributed by atoms with Crippen molar-refractivity contribution in [1.29, 1.82) is 0 Å². The van der Waals surface area contributed by atoms with Crippen LogP contribution >= 0.6 is 0 Å². The number of sulfonamides is 1. The summed E-state index contributed by atoms with van der Waals surface area (Å²) in [7, 11) is -1.96. The quantitative estimate of drug-likeness (QED) is 0.517. The highest BCUT2D eigenvalue weighted by atomic mass is 32.2. The molecule has 2 rings (SSSR count). The number of anilines is 1. The third kappa shape index (κ3) is 7.58. The minimum Gasteiger partial charge on any atom is -0.497 e. The van der Waals surface area contributed by atoms with Gasteiger partial charge >= 0.3 is 0 Å². The van der Waals surface area contributed by atoms with Crippen molar-refractivity contribution >= 4 is 21.6 Å². The topological polar surface area (TPSA) is 75.7 Å². The molecule has 2 aromatic rings. The SMILES string of the molecule is CCCCC(CC)CNC(=O)c1ccc(CN(c2cccc(OC)c2)S(C)(=O)=O)cc1. The van der Waals surface area contributed by atoms with E-state index in [0.717, 1.165) is 24.8 Å². The number of methoxy groups -OCH3 is 1. The van der Waals surface area contributed by atoms with Gasteiger partial charge in [-0.3, -0.25) is 9.10 Å². The number of unbranched alkanes of at least 4 members (excludes halogenated alkanes) is 1. The molecule has 1 amide bonds. The van der Waals surface area contributed by atoms with E-state index in [0.29, 0.717) is 29.5 Å².